The standard InChI is InChI=1S/C13H22N2O3/c1-2-3-8(7-14)12(16)15-9-4-5-11(15)10(6-9)13(17)18/h8-11H,2-7,14H2,1H3,(H,17,18). The zero-order valence-electron chi connectivity index (χ0n) is 10.8. The number of nitrogens with two attached hydrogens (primary N) is 1. The van der Waals surface area contributed by atoms with Crippen molar-refractivity contribution in [3.05, 3.63) is 0 Å². The summed E-state index contributed by atoms with van der Waals surface area (Å²) in [6, 6.07) is 0.0420. The van der Waals surface area contributed by atoms with Gasteiger partial charge in [0, 0.05) is 18.6 Å². The Labute approximate surface area is 107 Å². The molecule has 1 amide bonds. The summed E-state index contributed by atoms with van der Waals surface area (Å²) in [4.78, 5) is 25.4. The molecule has 18 heavy (non-hydrogen) atoms. The smallest absolute Gasteiger partial charge is 0.308 e. The van der Waals surface area contributed by atoms with Gasteiger partial charge in [0.25, 0.3) is 0 Å². The molecular formula is C13H22N2O3. The Kier molecular flexibility index (Phi) is 3.90. The van der Waals surface area contributed by atoms with Crippen LogP contribution in [0.2, 0.25) is 0 Å². The van der Waals surface area contributed by atoms with Crippen LogP contribution in [0.1, 0.15) is 39.0 Å². The molecule has 2 aliphatic heterocycles. The second kappa shape index (κ2) is 5.26. The molecule has 0 radical (unpaired) electrons. The van der Waals surface area contributed by atoms with E-state index in [1.807, 2.05) is 11.8 Å². The predicted octanol–water partition coefficient (Wildman–Crippen LogP) is 0.825. The lowest BCUT2D eigenvalue weighted by molar-refractivity contribution is -0.143. The molecule has 0 saturated carbocycles. The quantitative estimate of drug-likeness (QED) is 0.761. The summed E-state index contributed by atoms with van der Waals surface area (Å²) in [6.45, 7) is 2.40. The topological polar surface area (TPSA) is 83.6 Å². The fourth-order valence-corrected chi connectivity index (χ4v) is 3.50. The lowest BCUT2D eigenvalue weighted by Crippen LogP contribution is -2.43. The lowest BCUT2D eigenvalue weighted by Gasteiger charge is -2.27. The molecule has 0 aromatic rings. The van der Waals surface area contributed by atoms with Crippen molar-refractivity contribution >= 4 is 11.9 Å². The Bertz CT molecular complexity index is 345. The van der Waals surface area contributed by atoms with Gasteiger partial charge in [0.05, 0.1) is 11.8 Å². The van der Waals surface area contributed by atoms with E-state index >= 15 is 0 Å². The first-order valence-electron chi connectivity index (χ1n) is 6.85. The van der Waals surface area contributed by atoms with E-state index in [2.05, 4.69) is 0 Å². The summed E-state index contributed by atoms with van der Waals surface area (Å²) in [5.41, 5.74) is 5.67. The Balaban J connectivity index is 2.10. The number of rotatable bonds is 5. The van der Waals surface area contributed by atoms with Crippen LogP contribution in [-0.2, 0) is 9.59 Å². The van der Waals surface area contributed by atoms with E-state index in [0.717, 1.165) is 25.7 Å². The molecule has 2 fully saturated rings. The molecule has 4 unspecified atom stereocenters. The van der Waals surface area contributed by atoms with E-state index in [9.17, 15) is 14.7 Å². The molecule has 2 saturated heterocycles. The maximum absolute atomic E-state index is 12.4. The summed E-state index contributed by atoms with van der Waals surface area (Å²) in [6.07, 6.45) is 4.12. The molecule has 4 atom stereocenters. The molecule has 2 heterocycles. The first-order valence-corrected chi connectivity index (χ1v) is 6.85. The van der Waals surface area contributed by atoms with Gasteiger partial charge in [0.1, 0.15) is 0 Å². The maximum atomic E-state index is 12.4. The van der Waals surface area contributed by atoms with Crippen LogP contribution in [-0.4, -0.2) is 40.5 Å². The fraction of sp³-hybridized carbons (Fsp3) is 0.846. The van der Waals surface area contributed by atoms with Gasteiger partial charge in [-0.1, -0.05) is 13.3 Å². The third-order valence-corrected chi connectivity index (χ3v) is 4.38. The molecule has 0 aromatic carbocycles. The van der Waals surface area contributed by atoms with Crippen LogP contribution in [0, 0.1) is 11.8 Å². The summed E-state index contributed by atoms with van der Waals surface area (Å²) in [7, 11) is 0. The van der Waals surface area contributed by atoms with Crippen molar-refractivity contribution in [2.45, 2.75) is 51.1 Å². The van der Waals surface area contributed by atoms with Crippen LogP contribution >= 0.6 is 0 Å². The van der Waals surface area contributed by atoms with Crippen molar-refractivity contribution in [1.29, 1.82) is 0 Å². The summed E-state index contributed by atoms with van der Waals surface area (Å²) >= 11 is 0. The second-order valence-electron chi connectivity index (χ2n) is 5.45. The average Bonchev–Trinajstić information content (AvgIpc) is 2.92. The van der Waals surface area contributed by atoms with Crippen molar-refractivity contribution in [3.8, 4) is 0 Å². The van der Waals surface area contributed by atoms with Gasteiger partial charge in [-0.25, -0.2) is 0 Å². The number of carboxylic acid groups (broad SMARTS) is 1. The lowest BCUT2D eigenvalue weighted by atomic mass is 9.89. The molecule has 0 aliphatic carbocycles. The van der Waals surface area contributed by atoms with Gasteiger partial charge in [0.15, 0.2) is 0 Å². The van der Waals surface area contributed by atoms with Crippen LogP contribution in [0.25, 0.3) is 0 Å². The highest BCUT2D eigenvalue weighted by molar-refractivity contribution is 5.82. The molecular weight excluding hydrogens is 232 g/mol. The zero-order chi connectivity index (χ0) is 13.3. The Morgan fingerprint density at radius 3 is 2.67 bits per heavy atom. The van der Waals surface area contributed by atoms with Crippen molar-refractivity contribution < 1.29 is 14.7 Å². The first-order chi connectivity index (χ1) is 8.60. The van der Waals surface area contributed by atoms with E-state index < -0.39 is 5.97 Å². The Morgan fingerprint density at radius 1 is 1.44 bits per heavy atom. The molecule has 2 rings (SSSR count). The largest absolute Gasteiger partial charge is 0.481 e. The van der Waals surface area contributed by atoms with Gasteiger partial charge < -0.3 is 15.7 Å². The molecule has 2 bridgehead atoms. The van der Waals surface area contributed by atoms with E-state index in [4.69, 9.17) is 5.73 Å². The number of amides is 1. The maximum Gasteiger partial charge on any atom is 0.308 e. The number of carboxylic acids is 1. The van der Waals surface area contributed by atoms with Crippen LogP contribution in [0.4, 0.5) is 0 Å². The minimum absolute atomic E-state index is 0.0793. The van der Waals surface area contributed by atoms with E-state index in [0.29, 0.717) is 13.0 Å². The molecule has 0 aromatic heterocycles. The highest BCUT2D eigenvalue weighted by atomic mass is 16.4. The summed E-state index contributed by atoms with van der Waals surface area (Å²) < 4.78 is 0. The molecule has 2 aliphatic rings. The van der Waals surface area contributed by atoms with Crippen molar-refractivity contribution in [2.24, 2.45) is 17.6 Å². The number of carbonyl (C=O) groups is 2. The van der Waals surface area contributed by atoms with Gasteiger partial charge in [-0.3, -0.25) is 9.59 Å². The third-order valence-electron chi connectivity index (χ3n) is 4.38. The second-order valence-corrected chi connectivity index (χ2v) is 5.45. The Morgan fingerprint density at radius 2 is 2.17 bits per heavy atom. The van der Waals surface area contributed by atoms with Crippen molar-refractivity contribution in [2.75, 3.05) is 6.54 Å². The summed E-state index contributed by atoms with van der Waals surface area (Å²) in [5, 5.41) is 9.17. The number of aliphatic carboxylic acids is 1. The molecule has 3 N–H and O–H groups in total. The van der Waals surface area contributed by atoms with Crippen LogP contribution in [0.15, 0.2) is 0 Å². The van der Waals surface area contributed by atoms with Gasteiger partial charge in [-0.15, -0.1) is 0 Å². The van der Waals surface area contributed by atoms with Gasteiger partial charge in [-0.05, 0) is 25.7 Å². The van der Waals surface area contributed by atoms with Crippen LogP contribution < -0.4 is 5.73 Å². The molecule has 0 spiro atoms. The third kappa shape index (κ3) is 2.11. The number of carbonyl (C=O) groups excluding carboxylic acids is 1. The van der Waals surface area contributed by atoms with Crippen molar-refractivity contribution in [3.63, 3.8) is 0 Å². The van der Waals surface area contributed by atoms with E-state index in [1.54, 1.807) is 0 Å². The van der Waals surface area contributed by atoms with Crippen molar-refractivity contribution in [1.82, 2.24) is 4.90 Å². The SMILES string of the molecule is CCCC(CN)C(=O)N1C2CCC1C(C(=O)O)C2. The summed E-state index contributed by atoms with van der Waals surface area (Å²) in [5.74, 6) is -1.19. The molecule has 5 nitrogen and oxygen atoms in total. The van der Waals surface area contributed by atoms with E-state index in [-0.39, 0.29) is 29.8 Å². The van der Waals surface area contributed by atoms with Gasteiger partial charge in [-0.2, -0.15) is 0 Å². The normalized spacial score (nSPS) is 31.7. The first kappa shape index (κ1) is 13.3. The Hall–Kier alpha value is -1.10. The van der Waals surface area contributed by atoms with Crippen LogP contribution in [0.3, 0.4) is 0 Å². The average molecular weight is 254 g/mol. The minimum atomic E-state index is -0.764. The highest BCUT2D eigenvalue weighted by Crippen LogP contribution is 2.42. The number of hydrogen-bond acceptors (Lipinski definition) is 3. The monoisotopic (exact) mass is 254 g/mol. The molecule has 102 valence electrons. The zero-order valence-corrected chi connectivity index (χ0v) is 10.8. The number of hydrogen-bond donors (Lipinski definition) is 2. The van der Waals surface area contributed by atoms with Crippen LogP contribution in [0.5, 0.6) is 0 Å². The molecule has 5 heteroatoms. The highest BCUT2D eigenvalue weighted by Gasteiger charge is 2.51. The number of fused-ring (bicyclic) bond motifs is 2. The minimum Gasteiger partial charge on any atom is -0.481 e. The fourth-order valence-electron chi connectivity index (χ4n) is 3.50. The van der Waals surface area contributed by atoms with Gasteiger partial charge in [0.2, 0.25) is 5.91 Å². The predicted molar refractivity (Wildman–Crippen MR) is 66.9 cm³/mol. The van der Waals surface area contributed by atoms with E-state index in [1.165, 1.54) is 0 Å². The number of nitrogens with zero attached hydrogens (tertiary/aromatic N) is 1. The van der Waals surface area contributed by atoms with Gasteiger partial charge >= 0.3 is 5.97 Å².